The highest BCUT2D eigenvalue weighted by Crippen LogP contribution is 2.44. The fourth-order valence-corrected chi connectivity index (χ4v) is 5.39. The lowest BCUT2D eigenvalue weighted by atomic mass is 9.76. The molecular formula is C23H30F2N6O2. The van der Waals surface area contributed by atoms with Gasteiger partial charge in [0.05, 0.1) is 24.0 Å². The summed E-state index contributed by atoms with van der Waals surface area (Å²) >= 11 is 0. The molecule has 2 aliphatic heterocycles. The maximum Gasteiger partial charge on any atom is 0.407 e. The number of hydrogen-bond donors (Lipinski definition) is 1. The first-order valence-corrected chi connectivity index (χ1v) is 11.6. The molecule has 2 fully saturated rings. The van der Waals surface area contributed by atoms with Crippen LogP contribution >= 0.6 is 0 Å². The average Bonchev–Trinajstić information content (AvgIpc) is 3.13. The fourth-order valence-electron chi connectivity index (χ4n) is 5.39. The first-order valence-electron chi connectivity index (χ1n) is 11.6. The van der Waals surface area contributed by atoms with Crippen LogP contribution in [0.25, 0.3) is 11.3 Å². The van der Waals surface area contributed by atoms with E-state index in [-0.39, 0.29) is 35.7 Å². The Kier molecular flexibility index (Phi) is 4.92. The molecule has 33 heavy (non-hydrogen) atoms. The number of amides is 1. The molecule has 3 aliphatic rings. The molecule has 0 spiro atoms. The summed E-state index contributed by atoms with van der Waals surface area (Å²) in [6.07, 6.45) is 4.20. The van der Waals surface area contributed by atoms with Gasteiger partial charge in [-0.1, -0.05) is 20.8 Å². The fraction of sp³-hybridized carbons (Fsp3) is 0.652. The van der Waals surface area contributed by atoms with E-state index < -0.39 is 12.0 Å². The minimum atomic E-state index is -2.97. The van der Waals surface area contributed by atoms with Gasteiger partial charge in [-0.15, -0.1) is 0 Å². The quantitative estimate of drug-likeness (QED) is 0.734. The zero-order valence-electron chi connectivity index (χ0n) is 19.4. The van der Waals surface area contributed by atoms with Crippen LogP contribution in [0.1, 0.15) is 64.3 Å². The maximum absolute atomic E-state index is 14.9. The van der Waals surface area contributed by atoms with Crippen molar-refractivity contribution < 1.29 is 18.7 Å². The molecule has 0 bridgehead atoms. The summed E-state index contributed by atoms with van der Waals surface area (Å²) in [7, 11) is 0. The van der Waals surface area contributed by atoms with Crippen molar-refractivity contribution in [3.63, 3.8) is 0 Å². The molecular weight excluding hydrogens is 430 g/mol. The summed E-state index contributed by atoms with van der Waals surface area (Å²) in [5.41, 5.74) is 1.25. The van der Waals surface area contributed by atoms with E-state index in [1.54, 1.807) is 10.9 Å². The predicted octanol–water partition coefficient (Wildman–Crippen LogP) is 4.32. The molecule has 0 saturated carbocycles. The normalized spacial score (nSPS) is 26.4. The number of anilines is 1. The number of nitrogens with zero attached hydrogens (tertiary/aromatic N) is 6. The summed E-state index contributed by atoms with van der Waals surface area (Å²) < 4.78 is 31.5. The van der Waals surface area contributed by atoms with E-state index in [1.165, 1.54) is 4.90 Å². The van der Waals surface area contributed by atoms with Gasteiger partial charge in [-0.3, -0.25) is 4.68 Å². The topological polar surface area (TPSA) is 87.4 Å². The van der Waals surface area contributed by atoms with E-state index in [0.29, 0.717) is 42.2 Å². The first kappa shape index (κ1) is 22.0. The van der Waals surface area contributed by atoms with Gasteiger partial charge >= 0.3 is 6.09 Å². The summed E-state index contributed by atoms with van der Waals surface area (Å²) in [5, 5.41) is 14.0. The minimum Gasteiger partial charge on any atom is -0.465 e. The lowest BCUT2D eigenvalue weighted by Crippen LogP contribution is -2.63. The molecule has 8 nitrogen and oxygen atoms in total. The Morgan fingerprint density at radius 1 is 1.27 bits per heavy atom. The molecule has 2 saturated heterocycles. The van der Waals surface area contributed by atoms with Gasteiger partial charge in [0.2, 0.25) is 5.95 Å². The molecule has 5 rings (SSSR count). The van der Waals surface area contributed by atoms with Crippen molar-refractivity contribution in [3.8, 4) is 11.3 Å². The number of halogens is 2. The summed E-state index contributed by atoms with van der Waals surface area (Å²) in [4.78, 5) is 24.1. The maximum atomic E-state index is 14.9. The second kappa shape index (κ2) is 7.36. The van der Waals surface area contributed by atoms with Crippen LogP contribution in [0.15, 0.2) is 12.4 Å². The second-order valence-electron chi connectivity index (χ2n) is 10.6. The highest BCUT2D eigenvalue weighted by atomic mass is 19.3. The third kappa shape index (κ3) is 3.54. The first-order chi connectivity index (χ1) is 15.5. The number of carboxylic acid groups (broad SMARTS) is 1. The molecule has 2 aromatic rings. The Balaban J connectivity index is 1.54. The Morgan fingerprint density at radius 3 is 2.64 bits per heavy atom. The van der Waals surface area contributed by atoms with Crippen LogP contribution in [0.3, 0.4) is 0 Å². The summed E-state index contributed by atoms with van der Waals surface area (Å²) in [6.45, 7) is 9.16. The number of carbonyl (C=O) groups is 1. The van der Waals surface area contributed by atoms with Gasteiger partial charge in [0, 0.05) is 42.9 Å². The smallest absolute Gasteiger partial charge is 0.407 e. The molecule has 1 amide bonds. The standard InChI is InChI=1S/C23H30F2N6O2/c1-13-7-9-29(13)20-27-17(15-6-5-8-23(24,25)18(15)28-20)14-10-26-31(11-14)16-12-30(21(32)33)19(16)22(2,3)4/h10-11,13,16,19H,5-9,12H2,1-4H3,(H,32,33). The van der Waals surface area contributed by atoms with E-state index >= 15 is 0 Å². The summed E-state index contributed by atoms with van der Waals surface area (Å²) in [5.74, 6) is -2.62. The summed E-state index contributed by atoms with van der Waals surface area (Å²) in [6, 6.07) is -0.131. The van der Waals surface area contributed by atoms with Crippen molar-refractivity contribution in [2.24, 2.45) is 5.41 Å². The van der Waals surface area contributed by atoms with Crippen molar-refractivity contribution in [2.75, 3.05) is 18.0 Å². The van der Waals surface area contributed by atoms with Gasteiger partial charge in [-0.05, 0) is 31.6 Å². The van der Waals surface area contributed by atoms with Crippen LogP contribution in [0.4, 0.5) is 19.5 Å². The van der Waals surface area contributed by atoms with Crippen LogP contribution in [0.2, 0.25) is 0 Å². The van der Waals surface area contributed by atoms with Gasteiger partial charge in [-0.25, -0.2) is 14.8 Å². The van der Waals surface area contributed by atoms with Crippen LogP contribution in [-0.2, 0) is 12.3 Å². The van der Waals surface area contributed by atoms with Crippen LogP contribution in [0, 0.1) is 5.41 Å². The minimum absolute atomic E-state index is 0.121. The lowest BCUT2D eigenvalue weighted by molar-refractivity contribution is -0.0319. The van der Waals surface area contributed by atoms with Crippen LogP contribution in [0.5, 0.6) is 0 Å². The third-order valence-corrected chi connectivity index (χ3v) is 7.27. The van der Waals surface area contributed by atoms with E-state index in [0.717, 1.165) is 13.0 Å². The Hall–Kier alpha value is -2.78. The lowest BCUT2D eigenvalue weighted by Gasteiger charge is -2.52. The monoisotopic (exact) mass is 460 g/mol. The largest absolute Gasteiger partial charge is 0.465 e. The van der Waals surface area contributed by atoms with Crippen molar-refractivity contribution in [1.82, 2.24) is 24.6 Å². The Labute approximate surface area is 191 Å². The van der Waals surface area contributed by atoms with Gasteiger partial charge in [0.1, 0.15) is 5.69 Å². The number of rotatable bonds is 3. The molecule has 4 heterocycles. The van der Waals surface area contributed by atoms with Gasteiger partial charge < -0.3 is 14.9 Å². The van der Waals surface area contributed by atoms with Crippen LogP contribution < -0.4 is 4.90 Å². The van der Waals surface area contributed by atoms with Crippen LogP contribution in [-0.4, -0.2) is 61.0 Å². The Morgan fingerprint density at radius 2 is 2.03 bits per heavy atom. The van der Waals surface area contributed by atoms with E-state index in [1.807, 2.05) is 38.8 Å². The molecule has 3 atom stereocenters. The zero-order chi connectivity index (χ0) is 23.7. The number of likely N-dealkylation sites (tertiary alicyclic amines) is 1. The van der Waals surface area contributed by atoms with Crippen molar-refractivity contribution in [1.29, 1.82) is 0 Å². The van der Waals surface area contributed by atoms with Crippen molar-refractivity contribution >= 4 is 12.0 Å². The molecule has 1 N–H and O–H groups in total. The Bertz CT molecular complexity index is 1100. The zero-order valence-corrected chi connectivity index (χ0v) is 19.4. The van der Waals surface area contributed by atoms with E-state index in [2.05, 4.69) is 10.1 Å². The molecule has 3 unspecified atom stereocenters. The van der Waals surface area contributed by atoms with Gasteiger partial charge in [-0.2, -0.15) is 13.9 Å². The average molecular weight is 461 g/mol. The predicted molar refractivity (Wildman–Crippen MR) is 119 cm³/mol. The molecule has 0 radical (unpaired) electrons. The number of alkyl halides is 2. The van der Waals surface area contributed by atoms with Crippen molar-refractivity contribution in [2.45, 2.75) is 77.4 Å². The molecule has 2 aromatic heterocycles. The molecule has 0 aromatic carbocycles. The number of hydrogen-bond acceptors (Lipinski definition) is 5. The second-order valence-corrected chi connectivity index (χ2v) is 10.6. The van der Waals surface area contributed by atoms with E-state index in [9.17, 15) is 18.7 Å². The number of fused-ring (bicyclic) bond motifs is 1. The third-order valence-electron chi connectivity index (χ3n) is 7.27. The molecule has 1 aliphatic carbocycles. The van der Waals surface area contributed by atoms with Gasteiger partial charge in [0.15, 0.2) is 0 Å². The van der Waals surface area contributed by atoms with E-state index in [4.69, 9.17) is 4.98 Å². The van der Waals surface area contributed by atoms with Gasteiger partial charge in [0.25, 0.3) is 5.92 Å². The SMILES string of the molecule is CC1CCN1c1nc(-c2cnn(C3CN(C(=O)O)C3C(C)(C)C)c2)c2c(n1)C(F)(F)CCC2. The number of aromatic nitrogens is 4. The molecule has 178 valence electrons. The molecule has 10 heteroatoms. The highest BCUT2D eigenvalue weighted by Gasteiger charge is 2.50. The highest BCUT2D eigenvalue weighted by molar-refractivity contribution is 5.68. The van der Waals surface area contributed by atoms with Crippen molar-refractivity contribution in [3.05, 3.63) is 23.7 Å².